The van der Waals surface area contributed by atoms with E-state index < -0.39 is 11.7 Å². The van der Waals surface area contributed by atoms with Crippen molar-refractivity contribution in [2.45, 2.75) is 25.8 Å². The van der Waals surface area contributed by atoms with Crippen LogP contribution in [0, 0.1) is 5.82 Å². The van der Waals surface area contributed by atoms with Crippen LogP contribution in [0.2, 0.25) is 0 Å². The molecule has 1 saturated heterocycles. The molecule has 0 aliphatic carbocycles. The lowest BCUT2D eigenvalue weighted by atomic mass is 10.2. The van der Waals surface area contributed by atoms with E-state index in [1.54, 1.807) is 10.6 Å². The number of H-pyrrole nitrogens is 1. The van der Waals surface area contributed by atoms with Crippen molar-refractivity contribution in [3.63, 3.8) is 0 Å². The molecule has 176 valence electrons. The molecule has 34 heavy (non-hydrogen) atoms. The lowest BCUT2D eigenvalue weighted by molar-refractivity contribution is 0.0995. The van der Waals surface area contributed by atoms with Crippen LogP contribution in [-0.2, 0) is 4.57 Å². The average molecular weight is 484 g/mol. The minimum atomic E-state index is -0.558. The summed E-state index contributed by atoms with van der Waals surface area (Å²) in [6.07, 6.45) is 5.20. The van der Waals surface area contributed by atoms with Gasteiger partial charge in [0.2, 0.25) is 5.95 Å². The Kier molecular flexibility index (Phi) is 6.93. The zero-order chi connectivity index (χ0) is 24.1. The Bertz CT molecular complexity index is 1290. The molecule has 5 N–H and O–H groups in total. The summed E-state index contributed by atoms with van der Waals surface area (Å²) < 4.78 is 23.9. The Morgan fingerprint density at radius 1 is 1.32 bits per heavy atom. The lowest BCUT2D eigenvalue weighted by Crippen LogP contribution is -2.29. The Hall–Kier alpha value is -4.12. The van der Waals surface area contributed by atoms with E-state index in [0.29, 0.717) is 29.4 Å². The van der Waals surface area contributed by atoms with Crippen LogP contribution in [0.25, 0.3) is 5.52 Å². The highest BCUT2D eigenvalue weighted by Crippen LogP contribution is 2.26. The van der Waals surface area contributed by atoms with Crippen LogP contribution in [0.1, 0.15) is 30.3 Å². The van der Waals surface area contributed by atoms with E-state index in [1.165, 1.54) is 12.1 Å². The van der Waals surface area contributed by atoms with E-state index in [9.17, 15) is 13.8 Å². The van der Waals surface area contributed by atoms with Gasteiger partial charge in [0.1, 0.15) is 22.8 Å². The van der Waals surface area contributed by atoms with Crippen molar-refractivity contribution >= 4 is 43.4 Å². The SMILES string of the molecule is C[C@H]1CCCN1c1nc(Nc2cc(C(N)=O)[nH]n2)c2cccn2n1.O=PNc1ccc(F)cn1. The minimum Gasteiger partial charge on any atom is -0.364 e. The number of anilines is 4. The van der Waals surface area contributed by atoms with Crippen molar-refractivity contribution in [2.24, 2.45) is 5.73 Å². The van der Waals surface area contributed by atoms with Gasteiger partial charge in [-0.3, -0.25) is 15.0 Å². The second-order valence-corrected chi connectivity index (χ2v) is 7.91. The van der Waals surface area contributed by atoms with Crippen molar-refractivity contribution in [3.8, 4) is 0 Å². The molecule has 4 aromatic rings. The van der Waals surface area contributed by atoms with E-state index >= 15 is 0 Å². The molecule has 0 saturated carbocycles. The molecule has 4 aromatic heterocycles. The molecular formula is C20H22FN10O2P. The topological polar surface area (TPSA) is 159 Å². The molecule has 14 heteroatoms. The summed E-state index contributed by atoms with van der Waals surface area (Å²) in [7, 11) is -0.239. The predicted molar refractivity (Wildman–Crippen MR) is 125 cm³/mol. The highest BCUT2D eigenvalue weighted by molar-refractivity contribution is 7.25. The molecule has 1 aliphatic rings. The van der Waals surface area contributed by atoms with Gasteiger partial charge in [0.05, 0.1) is 6.20 Å². The zero-order valence-electron chi connectivity index (χ0n) is 18.1. The summed E-state index contributed by atoms with van der Waals surface area (Å²) in [5.74, 6) is 1.21. The third kappa shape index (κ3) is 5.26. The van der Waals surface area contributed by atoms with Crippen LogP contribution >= 0.6 is 8.61 Å². The van der Waals surface area contributed by atoms with Crippen molar-refractivity contribution < 1.29 is 13.8 Å². The van der Waals surface area contributed by atoms with Gasteiger partial charge in [-0.25, -0.2) is 18.5 Å². The van der Waals surface area contributed by atoms with Crippen LogP contribution in [-0.4, -0.2) is 48.3 Å². The van der Waals surface area contributed by atoms with E-state index in [-0.39, 0.29) is 14.3 Å². The standard InChI is InChI=1S/C15H18N8O.C5H4FN2OP/c1-9-4-2-6-22(9)15-18-14(11-5-3-7-23(11)21-15)17-12-8-10(13(16)24)19-20-12;6-4-1-2-5(7-3-4)8-10-9/h3,5,7-9H,2,4,6H2,1H3,(H2,16,24)(H2,17,18,19,20,21);1-3H,(H,7,8,9)/t9-;/m0./s1. The summed E-state index contributed by atoms with van der Waals surface area (Å²) in [6, 6.07) is 8.44. The zero-order valence-corrected chi connectivity index (χ0v) is 19.0. The van der Waals surface area contributed by atoms with E-state index in [2.05, 4.69) is 47.5 Å². The number of aromatic amines is 1. The van der Waals surface area contributed by atoms with Crippen molar-refractivity contribution in [1.82, 2.24) is 29.8 Å². The summed E-state index contributed by atoms with van der Waals surface area (Å²) >= 11 is 0. The number of amides is 1. The Morgan fingerprint density at radius 2 is 2.18 bits per heavy atom. The number of nitrogens with two attached hydrogens (primary N) is 1. The first-order valence-corrected chi connectivity index (χ1v) is 11.2. The van der Waals surface area contributed by atoms with Crippen LogP contribution in [0.15, 0.2) is 42.7 Å². The van der Waals surface area contributed by atoms with Gasteiger partial charge in [0, 0.05) is 24.8 Å². The van der Waals surface area contributed by atoms with E-state index in [1.807, 2.05) is 18.3 Å². The van der Waals surface area contributed by atoms with Crippen molar-refractivity contribution in [2.75, 3.05) is 21.8 Å². The number of hydrogen-bond acceptors (Lipinski definition) is 8. The maximum atomic E-state index is 12.2. The molecule has 1 amide bonds. The first kappa shape index (κ1) is 23.1. The van der Waals surface area contributed by atoms with Gasteiger partial charge in [0.25, 0.3) is 14.5 Å². The molecule has 0 unspecified atom stereocenters. The number of aromatic nitrogens is 6. The highest BCUT2D eigenvalue weighted by atomic mass is 31.1. The molecule has 0 radical (unpaired) electrons. The van der Waals surface area contributed by atoms with E-state index in [4.69, 9.17) is 5.73 Å². The molecule has 1 aliphatic heterocycles. The number of carbonyl (C=O) groups is 1. The van der Waals surface area contributed by atoms with Gasteiger partial charge in [0.15, 0.2) is 11.6 Å². The van der Waals surface area contributed by atoms with Crippen LogP contribution in [0.5, 0.6) is 0 Å². The van der Waals surface area contributed by atoms with Crippen LogP contribution < -0.4 is 21.0 Å². The molecule has 1 fully saturated rings. The number of pyridine rings is 1. The van der Waals surface area contributed by atoms with Gasteiger partial charge >= 0.3 is 0 Å². The molecule has 5 rings (SSSR count). The molecule has 0 aromatic carbocycles. The molecular weight excluding hydrogens is 462 g/mol. The molecule has 5 heterocycles. The summed E-state index contributed by atoms with van der Waals surface area (Å²) in [5, 5.41) is 16.7. The van der Waals surface area contributed by atoms with Gasteiger partial charge < -0.3 is 16.0 Å². The second kappa shape index (κ2) is 10.2. The minimum absolute atomic E-state index is 0.239. The fraction of sp³-hybridized carbons (Fsp3) is 0.250. The number of primary amides is 1. The molecule has 0 bridgehead atoms. The first-order chi connectivity index (χ1) is 16.4. The van der Waals surface area contributed by atoms with E-state index in [0.717, 1.165) is 31.1 Å². The quantitative estimate of drug-likeness (QED) is 0.302. The largest absolute Gasteiger partial charge is 0.364 e. The maximum Gasteiger partial charge on any atom is 0.280 e. The van der Waals surface area contributed by atoms with Gasteiger partial charge in [-0.05, 0) is 44.0 Å². The number of hydrogen-bond donors (Lipinski definition) is 4. The molecule has 1 atom stereocenters. The number of nitrogens with one attached hydrogen (secondary N) is 3. The van der Waals surface area contributed by atoms with Gasteiger partial charge in [-0.1, -0.05) is 0 Å². The smallest absolute Gasteiger partial charge is 0.280 e. The Morgan fingerprint density at radius 3 is 2.82 bits per heavy atom. The number of fused-ring (bicyclic) bond motifs is 1. The van der Waals surface area contributed by atoms with Crippen molar-refractivity contribution in [3.05, 3.63) is 54.2 Å². The number of rotatable bonds is 6. The monoisotopic (exact) mass is 484 g/mol. The number of carbonyl (C=O) groups excluding carboxylic acids is 1. The number of halogens is 1. The van der Waals surface area contributed by atoms with Crippen LogP contribution in [0.4, 0.5) is 27.8 Å². The Labute approximate surface area is 195 Å². The van der Waals surface area contributed by atoms with Crippen molar-refractivity contribution in [1.29, 1.82) is 0 Å². The Balaban J connectivity index is 0.000000231. The fourth-order valence-corrected chi connectivity index (χ4v) is 3.71. The second-order valence-electron chi connectivity index (χ2n) is 7.50. The summed E-state index contributed by atoms with van der Waals surface area (Å²) in [4.78, 5) is 21.6. The van der Waals surface area contributed by atoms with Crippen LogP contribution in [0.3, 0.4) is 0 Å². The fourth-order valence-electron chi connectivity index (χ4n) is 3.49. The number of nitrogens with zero attached hydrogens (tertiary/aromatic N) is 6. The third-order valence-corrected chi connectivity index (χ3v) is 5.49. The normalized spacial score (nSPS) is 15.2. The average Bonchev–Trinajstić information content (AvgIpc) is 3.57. The molecule has 0 spiro atoms. The summed E-state index contributed by atoms with van der Waals surface area (Å²) in [6.45, 7) is 3.12. The van der Waals surface area contributed by atoms with Gasteiger partial charge in [-0.15, -0.1) is 5.10 Å². The highest BCUT2D eigenvalue weighted by Gasteiger charge is 2.24. The van der Waals surface area contributed by atoms with Gasteiger partial charge in [-0.2, -0.15) is 10.1 Å². The summed E-state index contributed by atoms with van der Waals surface area (Å²) in [5.41, 5.74) is 6.31. The molecule has 12 nitrogen and oxygen atoms in total. The third-order valence-electron chi connectivity index (χ3n) is 5.17. The maximum absolute atomic E-state index is 12.2. The lowest BCUT2D eigenvalue weighted by Gasteiger charge is -2.21. The predicted octanol–water partition coefficient (Wildman–Crippen LogP) is 3.12. The first-order valence-electron chi connectivity index (χ1n) is 10.4.